The molecule has 0 aliphatic carbocycles. The zero-order valence-electron chi connectivity index (χ0n) is 14.4. The lowest BCUT2D eigenvalue weighted by Gasteiger charge is -2.10. The first-order valence-corrected chi connectivity index (χ1v) is 8.05. The van der Waals surface area contributed by atoms with E-state index in [1.807, 2.05) is 26.0 Å². The van der Waals surface area contributed by atoms with Gasteiger partial charge >= 0.3 is 6.03 Å². The summed E-state index contributed by atoms with van der Waals surface area (Å²) in [6.07, 6.45) is 1.54. The first kappa shape index (κ1) is 18.4. The largest absolute Gasteiger partial charge is 0.492 e. The molecule has 134 valence electrons. The Kier molecular flexibility index (Phi) is 6.88. The number of furan rings is 1. The molecule has 1 aromatic heterocycles. The van der Waals surface area contributed by atoms with Gasteiger partial charge in [0.1, 0.15) is 18.1 Å². The summed E-state index contributed by atoms with van der Waals surface area (Å²) < 4.78 is 10.7. The molecule has 2 rings (SSSR count). The van der Waals surface area contributed by atoms with Gasteiger partial charge in [-0.2, -0.15) is 0 Å². The predicted molar refractivity (Wildman–Crippen MR) is 93.4 cm³/mol. The summed E-state index contributed by atoms with van der Waals surface area (Å²) >= 11 is 0. The van der Waals surface area contributed by atoms with Gasteiger partial charge in [0.05, 0.1) is 25.9 Å². The number of aryl methyl sites for hydroxylation is 2. The first-order chi connectivity index (χ1) is 12.0. The fourth-order valence-corrected chi connectivity index (χ4v) is 2.23. The molecule has 3 N–H and O–H groups in total. The molecule has 7 heteroatoms. The van der Waals surface area contributed by atoms with Crippen LogP contribution in [0.15, 0.2) is 41.0 Å². The van der Waals surface area contributed by atoms with E-state index < -0.39 is 6.03 Å². The van der Waals surface area contributed by atoms with Crippen molar-refractivity contribution >= 4 is 11.9 Å². The Balaban J connectivity index is 1.56. The molecule has 0 saturated heterocycles. The molecule has 0 aliphatic heterocycles. The molecule has 0 bridgehead atoms. The second-order valence-corrected chi connectivity index (χ2v) is 5.64. The average molecular weight is 345 g/mol. The number of rotatable bonds is 8. The van der Waals surface area contributed by atoms with E-state index in [1.54, 1.807) is 12.1 Å². The van der Waals surface area contributed by atoms with Gasteiger partial charge in [0.15, 0.2) is 0 Å². The second kappa shape index (κ2) is 9.36. The molecule has 0 fully saturated rings. The van der Waals surface area contributed by atoms with Gasteiger partial charge < -0.3 is 25.1 Å². The van der Waals surface area contributed by atoms with Crippen LogP contribution in [0.4, 0.5) is 4.79 Å². The van der Waals surface area contributed by atoms with Crippen molar-refractivity contribution in [3.8, 4) is 5.75 Å². The highest BCUT2D eigenvalue weighted by molar-refractivity contribution is 5.83. The highest BCUT2D eigenvalue weighted by atomic mass is 16.5. The monoisotopic (exact) mass is 345 g/mol. The Bertz CT molecular complexity index is 678. The van der Waals surface area contributed by atoms with E-state index in [2.05, 4.69) is 22.0 Å². The van der Waals surface area contributed by atoms with E-state index >= 15 is 0 Å². The van der Waals surface area contributed by atoms with Gasteiger partial charge in [-0.15, -0.1) is 0 Å². The van der Waals surface area contributed by atoms with Crippen LogP contribution < -0.4 is 20.7 Å². The summed E-state index contributed by atoms with van der Waals surface area (Å²) in [5.41, 5.74) is 2.25. The lowest BCUT2D eigenvalue weighted by Crippen LogP contribution is -2.42. The molecule has 0 radical (unpaired) electrons. The van der Waals surface area contributed by atoms with E-state index in [-0.39, 0.29) is 12.5 Å². The van der Waals surface area contributed by atoms with Crippen molar-refractivity contribution in [2.75, 3.05) is 19.7 Å². The molecule has 0 unspecified atom stereocenters. The lowest BCUT2D eigenvalue weighted by atomic mass is 10.1. The summed E-state index contributed by atoms with van der Waals surface area (Å²) in [4.78, 5) is 23.2. The number of amides is 3. The average Bonchev–Trinajstić information content (AvgIpc) is 3.07. The zero-order valence-corrected chi connectivity index (χ0v) is 14.4. The van der Waals surface area contributed by atoms with Crippen molar-refractivity contribution in [2.45, 2.75) is 20.4 Å². The van der Waals surface area contributed by atoms with Crippen molar-refractivity contribution in [3.63, 3.8) is 0 Å². The highest BCUT2D eigenvalue weighted by Crippen LogP contribution is 2.15. The molecule has 0 atom stereocenters. The Morgan fingerprint density at radius 1 is 1.08 bits per heavy atom. The maximum atomic E-state index is 11.6. The smallest absolute Gasteiger partial charge is 0.315 e. The standard InChI is InChI=1S/C18H23N3O4/c1-13-8-14(2)10-16(9-13)25-7-5-19-18(23)21-12-17(22)20-11-15-4-3-6-24-15/h3-4,6,8-10H,5,7,11-12H2,1-2H3,(H,20,22)(H2,19,21,23). The van der Waals surface area contributed by atoms with Crippen LogP contribution in [-0.4, -0.2) is 31.6 Å². The van der Waals surface area contributed by atoms with E-state index in [9.17, 15) is 9.59 Å². The highest BCUT2D eigenvalue weighted by Gasteiger charge is 2.05. The van der Waals surface area contributed by atoms with Crippen LogP contribution in [0.1, 0.15) is 16.9 Å². The molecule has 0 saturated carbocycles. The van der Waals surface area contributed by atoms with E-state index in [1.165, 1.54) is 6.26 Å². The SMILES string of the molecule is Cc1cc(C)cc(OCCNC(=O)NCC(=O)NCc2ccco2)c1. The number of hydrogen-bond acceptors (Lipinski definition) is 4. The summed E-state index contributed by atoms with van der Waals surface area (Å²) in [5.74, 6) is 1.14. The zero-order chi connectivity index (χ0) is 18.1. The topological polar surface area (TPSA) is 92.6 Å². The quantitative estimate of drug-likeness (QED) is 0.637. The first-order valence-electron chi connectivity index (χ1n) is 8.05. The summed E-state index contributed by atoms with van der Waals surface area (Å²) in [5, 5.41) is 7.75. The predicted octanol–water partition coefficient (Wildman–Crippen LogP) is 1.89. The number of urea groups is 1. The molecular weight excluding hydrogens is 322 g/mol. The van der Waals surface area contributed by atoms with Crippen molar-refractivity contribution in [1.82, 2.24) is 16.0 Å². The van der Waals surface area contributed by atoms with Gasteiger partial charge in [0.2, 0.25) is 5.91 Å². The number of benzene rings is 1. The lowest BCUT2D eigenvalue weighted by molar-refractivity contribution is -0.120. The minimum absolute atomic E-state index is 0.107. The molecule has 2 aromatic rings. The fourth-order valence-electron chi connectivity index (χ4n) is 2.23. The van der Waals surface area contributed by atoms with Gasteiger partial charge in [-0.05, 0) is 49.2 Å². The molecule has 7 nitrogen and oxygen atoms in total. The molecule has 3 amide bonds. The summed E-state index contributed by atoms with van der Waals surface area (Å²) in [7, 11) is 0. The minimum Gasteiger partial charge on any atom is -0.492 e. The number of ether oxygens (including phenoxy) is 1. The van der Waals surface area contributed by atoms with E-state index in [0.717, 1.165) is 16.9 Å². The van der Waals surface area contributed by atoms with Gasteiger partial charge in [-0.1, -0.05) is 6.07 Å². The summed E-state index contributed by atoms with van der Waals surface area (Å²) in [6.45, 7) is 4.88. The maximum absolute atomic E-state index is 11.6. The minimum atomic E-state index is -0.419. The Labute approximate surface area is 146 Å². The Hall–Kier alpha value is -2.96. The van der Waals surface area contributed by atoms with E-state index in [0.29, 0.717) is 25.5 Å². The third-order valence-corrected chi connectivity index (χ3v) is 3.30. The Morgan fingerprint density at radius 3 is 2.52 bits per heavy atom. The van der Waals surface area contributed by atoms with Gasteiger partial charge in [0.25, 0.3) is 0 Å². The maximum Gasteiger partial charge on any atom is 0.315 e. The Morgan fingerprint density at radius 2 is 1.84 bits per heavy atom. The van der Waals surface area contributed by atoms with Gasteiger partial charge in [-0.3, -0.25) is 4.79 Å². The molecule has 0 aliphatic rings. The number of hydrogen-bond donors (Lipinski definition) is 3. The molecule has 25 heavy (non-hydrogen) atoms. The normalized spacial score (nSPS) is 10.2. The summed E-state index contributed by atoms with van der Waals surface area (Å²) in [6, 6.07) is 9.03. The van der Waals surface area contributed by atoms with Gasteiger partial charge in [-0.25, -0.2) is 4.79 Å². The molecule has 1 heterocycles. The van der Waals surface area contributed by atoms with Crippen LogP contribution in [0.25, 0.3) is 0 Å². The van der Waals surface area contributed by atoms with Crippen LogP contribution >= 0.6 is 0 Å². The van der Waals surface area contributed by atoms with Gasteiger partial charge in [0, 0.05) is 0 Å². The number of carbonyl (C=O) groups is 2. The van der Waals surface area contributed by atoms with E-state index in [4.69, 9.17) is 9.15 Å². The third-order valence-electron chi connectivity index (χ3n) is 3.30. The van der Waals surface area contributed by atoms with Crippen LogP contribution in [0.5, 0.6) is 5.75 Å². The molecule has 1 aromatic carbocycles. The van der Waals surface area contributed by atoms with Crippen LogP contribution in [0.3, 0.4) is 0 Å². The van der Waals surface area contributed by atoms with Crippen molar-refractivity contribution in [2.24, 2.45) is 0 Å². The second-order valence-electron chi connectivity index (χ2n) is 5.64. The van der Waals surface area contributed by atoms with Crippen molar-refractivity contribution in [1.29, 1.82) is 0 Å². The fraction of sp³-hybridized carbons (Fsp3) is 0.333. The van der Waals surface area contributed by atoms with Crippen molar-refractivity contribution in [3.05, 3.63) is 53.5 Å². The third kappa shape index (κ3) is 6.99. The molecular formula is C18H23N3O4. The van der Waals surface area contributed by atoms with Crippen molar-refractivity contribution < 1.29 is 18.7 Å². The number of nitrogens with one attached hydrogen (secondary N) is 3. The van der Waals surface area contributed by atoms with Crippen LogP contribution in [0.2, 0.25) is 0 Å². The van der Waals surface area contributed by atoms with Crippen LogP contribution in [-0.2, 0) is 11.3 Å². The number of carbonyl (C=O) groups excluding carboxylic acids is 2. The van der Waals surface area contributed by atoms with Crippen LogP contribution in [0, 0.1) is 13.8 Å². The molecule has 0 spiro atoms.